The van der Waals surface area contributed by atoms with Crippen molar-refractivity contribution in [1.82, 2.24) is 19.7 Å². The summed E-state index contributed by atoms with van der Waals surface area (Å²) in [6.07, 6.45) is 1.63. The number of anilines is 1. The number of hydrogen-bond donors (Lipinski definition) is 1. The molecule has 0 saturated heterocycles. The summed E-state index contributed by atoms with van der Waals surface area (Å²) in [6, 6.07) is 9.78. The summed E-state index contributed by atoms with van der Waals surface area (Å²) >= 11 is 2.21. The summed E-state index contributed by atoms with van der Waals surface area (Å²) in [5.74, 6) is 0.925. The number of nitrogen functional groups attached to an aromatic ring is 1. The molecule has 6 heteroatoms. The number of nitrogens with zero attached hydrogens (tertiary/aromatic N) is 4. The Morgan fingerprint density at radius 2 is 2.00 bits per heavy atom. The molecular formula is C11H8IN5. The molecule has 0 spiro atoms. The van der Waals surface area contributed by atoms with Gasteiger partial charge in [-0.1, -0.05) is 18.2 Å². The number of rotatable bonds is 1. The third kappa shape index (κ3) is 1.74. The summed E-state index contributed by atoms with van der Waals surface area (Å²) in [6.45, 7) is 0. The van der Waals surface area contributed by atoms with E-state index in [1.165, 1.54) is 0 Å². The predicted octanol–water partition coefficient (Wildman–Crippen LogP) is 2.00. The predicted molar refractivity (Wildman–Crippen MR) is 73.8 cm³/mol. The summed E-state index contributed by atoms with van der Waals surface area (Å²) in [5, 5.41) is 5.56. The third-order valence-electron chi connectivity index (χ3n) is 2.42. The van der Waals surface area contributed by atoms with Gasteiger partial charge in [0.05, 0.1) is 5.52 Å². The number of hydrogen-bond acceptors (Lipinski definition) is 4. The molecule has 0 atom stereocenters. The van der Waals surface area contributed by atoms with Crippen LogP contribution in [-0.4, -0.2) is 19.7 Å². The molecule has 84 valence electrons. The van der Waals surface area contributed by atoms with Crippen LogP contribution in [0.25, 0.3) is 16.7 Å². The maximum absolute atomic E-state index is 5.58. The molecular weight excluding hydrogens is 329 g/mol. The van der Waals surface area contributed by atoms with Crippen LogP contribution in [0.3, 0.4) is 0 Å². The van der Waals surface area contributed by atoms with E-state index < -0.39 is 0 Å². The first-order valence-corrected chi connectivity index (χ1v) is 6.06. The Labute approximate surface area is 111 Å². The van der Waals surface area contributed by atoms with Crippen LogP contribution in [0.5, 0.6) is 0 Å². The molecule has 0 aliphatic rings. The maximum Gasteiger partial charge on any atom is 0.221 e. The quantitative estimate of drug-likeness (QED) is 0.690. The van der Waals surface area contributed by atoms with E-state index in [1.807, 2.05) is 24.3 Å². The minimum absolute atomic E-state index is 0.247. The molecule has 2 heterocycles. The minimum atomic E-state index is 0.247. The van der Waals surface area contributed by atoms with E-state index in [0.717, 1.165) is 14.6 Å². The van der Waals surface area contributed by atoms with Gasteiger partial charge in [0.2, 0.25) is 5.95 Å². The van der Waals surface area contributed by atoms with Crippen LogP contribution in [0.15, 0.2) is 36.5 Å². The van der Waals surface area contributed by atoms with E-state index in [2.05, 4.69) is 37.7 Å². The van der Waals surface area contributed by atoms with Crippen molar-refractivity contribution >= 4 is 39.4 Å². The molecule has 0 aliphatic heterocycles. The first kappa shape index (κ1) is 10.5. The smallest absolute Gasteiger partial charge is 0.221 e. The molecule has 2 N–H and O–H groups in total. The minimum Gasteiger partial charge on any atom is -0.368 e. The molecule has 3 rings (SSSR count). The van der Waals surface area contributed by atoms with Crippen molar-refractivity contribution in [3.05, 3.63) is 40.2 Å². The van der Waals surface area contributed by atoms with Crippen LogP contribution in [-0.2, 0) is 0 Å². The van der Waals surface area contributed by atoms with Crippen LogP contribution in [0.2, 0.25) is 0 Å². The molecule has 0 saturated carbocycles. The molecule has 0 amide bonds. The summed E-state index contributed by atoms with van der Waals surface area (Å²) in [5.41, 5.74) is 6.59. The molecule has 2 aromatic heterocycles. The van der Waals surface area contributed by atoms with Gasteiger partial charge in [0.1, 0.15) is 3.70 Å². The van der Waals surface area contributed by atoms with Gasteiger partial charge in [-0.15, -0.1) is 0 Å². The Morgan fingerprint density at radius 3 is 2.82 bits per heavy atom. The highest BCUT2D eigenvalue weighted by Gasteiger charge is 2.09. The lowest BCUT2D eigenvalue weighted by Crippen LogP contribution is -2.03. The number of nitrogens with two attached hydrogens (primary N) is 1. The van der Waals surface area contributed by atoms with Gasteiger partial charge in [-0.2, -0.15) is 10.1 Å². The first-order chi connectivity index (χ1) is 8.25. The topological polar surface area (TPSA) is 69.6 Å². The molecule has 3 aromatic rings. The monoisotopic (exact) mass is 337 g/mol. The van der Waals surface area contributed by atoms with E-state index in [1.54, 1.807) is 16.9 Å². The fraction of sp³-hybridized carbons (Fsp3) is 0. The standard InChI is InChI=1S/C11H8IN5/c12-10-7-3-1-2-4-8(7)17(16-10)9-5-6-14-11(13)15-9/h1-6H,(H2,13,14,15). The van der Waals surface area contributed by atoms with Gasteiger partial charge in [0, 0.05) is 17.6 Å². The highest BCUT2D eigenvalue weighted by molar-refractivity contribution is 14.1. The van der Waals surface area contributed by atoms with E-state index in [0.29, 0.717) is 5.82 Å². The van der Waals surface area contributed by atoms with Gasteiger partial charge in [0.15, 0.2) is 5.82 Å². The van der Waals surface area contributed by atoms with Crippen molar-refractivity contribution < 1.29 is 0 Å². The van der Waals surface area contributed by atoms with Crippen LogP contribution >= 0.6 is 22.6 Å². The Kier molecular flexibility index (Phi) is 2.43. The van der Waals surface area contributed by atoms with Gasteiger partial charge in [-0.3, -0.25) is 0 Å². The Bertz CT molecular complexity index is 691. The highest BCUT2D eigenvalue weighted by Crippen LogP contribution is 2.22. The van der Waals surface area contributed by atoms with Crippen LogP contribution in [0, 0.1) is 3.70 Å². The van der Waals surface area contributed by atoms with Gasteiger partial charge in [0.25, 0.3) is 0 Å². The number of para-hydroxylation sites is 1. The SMILES string of the molecule is Nc1nccc(-n2nc(I)c3ccccc32)n1. The van der Waals surface area contributed by atoms with Crippen molar-refractivity contribution in [2.45, 2.75) is 0 Å². The zero-order valence-electron chi connectivity index (χ0n) is 8.71. The lowest BCUT2D eigenvalue weighted by Gasteiger charge is -2.01. The van der Waals surface area contributed by atoms with Gasteiger partial charge < -0.3 is 5.73 Å². The molecule has 0 radical (unpaired) electrons. The van der Waals surface area contributed by atoms with Crippen molar-refractivity contribution in [3.63, 3.8) is 0 Å². The van der Waals surface area contributed by atoms with Gasteiger partial charge >= 0.3 is 0 Å². The fourth-order valence-electron chi connectivity index (χ4n) is 1.68. The average Bonchev–Trinajstić information content (AvgIpc) is 2.68. The van der Waals surface area contributed by atoms with Crippen molar-refractivity contribution in [3.8, 4) is 5.82 Å². The van der Waals surface area contributed by atoms with Crippen molar-refractivity contribution in [2.75, 3.05) is 5.73 Å². The lowest BCUT2D eigenvalue weighted by molar-refractivity contribution is 0.859. The molecule has 1 aromatic carbocycles. The van der Waals surface area contributed by atoms with Gasteiger partial charge in [-0.05, 0) is 28.7 Å². The number of benzene rings is 1. The second-order valence-corrected chi connectivity index (χ2v) is 4.51. The fourth-order valence-corrected chi connectivity index (χ4v) is 2.36. The Hall–Kier alpha value is -1.70. The third-order valence-corrected chi connectivity index (χ3v) is 3.22. The van der Waals surface area contributed by atoms with Crippen LogP contribution in [0.4, 0.5) is 5.95 Å². The van der Waals surface area contributed by atoms with Crippen LogP contribution in [0.1, 0.15) is 0 Å². The second-order valence-electron chi connectivity index (χ2n) is 3.49. The molecule has 5 nitrogen and oxygen atoms in total. The molecule has 0 unspecified atom stereocenters. The zero-order valence-corrected chi connectivity index (χ0v) is 10.9. The number of aromatic nitrogens is 4. The van der Waals surface area contributed by atoms with Crippen molar-refractivity contribution in [1.29, 1.82) is 0 Å². The maximum atomic E-state index is 5.58. The van der Waals surface area contributed by atoms with Crippen molar-refractivity contribution in [2.24, 2.45) is 0 Å². The van der Waals surface area contributed by atoms with E-state index in [-0.39, 0.29) is 5.95 Å². The highest BCUT2D eigenvalue weighted by atomic mass is 127. The summed E-state index contributed by atoms with van der Waals surface area (Å²) in [7, 11) is 0. The van der Waals surface area contributed by atoms with Crippen LogP contribution < -0.4 is 5.73 Å². The van der Waals surface area contributed by atoms with Gasteiger partial charge in [-0.25, -0.2) is 9.67 Å². The van der Waals surface area contributed by atoms with E-state index in [9.17, 15) is 0 Å². The van der Waals surface area contributed by atoms with E-state index >= 15 is 0 Å². The Morgan fingerprint density at radius 1 is 1.18 bits per heavy atom. The first-order valence-electron chi connectivity index (χ1n) is 4.98. The number of fused-ring (bicyclic) bond motifs is 1. The number of halogens is 1. The molecule has 0 bridgehead atoms. The Balaban J connectivity index is 2.31. The van der Waals surface area contributed by atoms with E-state index in [4.69, 9.17) is 5.73 Å². The zero-order chi connectivity index (χ0) is 11.8. The molecule has 17 heavy (non-hydrogen) atoms. The largest absolute Gasteiger partial charge is 0.368 e. The summed E-state index contributed by atoms with van der Waals surface area (Å²) in [4.78, 5) is 8.05. The lowest BCUT2D eigenvalue weighted by atomic mass is 10.2. The summed E-state index contributed by atoms with van der Waals surface area (Å²) < 4.78 is 2.71. The second kappa shape index (κ2) is 3.95. The molecule has 0 fully saturated rings. The molecule has 0 aliphatic carbocycles. The average molecular weight is 337 g/mol. The normalized spacial score (nSPS) is 10.9.